The molecule has 0 aliphatic carbocycles. The number of anilines is 1. The first kappa shape index (κ1) is 18.7. The van der Waals surface area contributed by atoms with E-state index in [2.05, 4.69) is 0 Å². The zero-order valence-corrected chi connectivity index (χ0v) is 16.5. The molecular formula is C21H14Cl2N2O3. The van der Waals surface area contributed by atoms with Crippen molar-refractivity contribution in [3.05, 3.63) is 51.5 Å². The van der Waals surface area contributed by atoms with E-state index in [1.54, 1.807) is 32.0 Å². The molecule has 5 nitrogen and oxygen atoms in total. The van der Waals surface area contributed by atoms with Crippen molar-refractivity contribution < 1.29 is 14.4 Å². The van der Waals surface area contributed by atoms with E-state index in [1.165, 1.54) is 17.0 Å². The molecule has 1 fully saturated rings. The SMILES string of the molecule is CC(C)C(=O)C1C(=O)C(=O)N2c3cc(C#N)cc(Cl)c3-c3cc(Cl)ccc3C12. The fraction of sp³-hybridized carbons (Fsp3) is 0.238. The Morgan fingerprint density at radius 2 is 1.89 bits per heavy atom. The fourth-order valence-corrected chi connectivity index (χ4v) is 4.50. The third-order valence-electron chi connectivity index (χ3n) is 5.24. The Morgan fingerprint density at radius 3 is 2.54 bits per heavy atom. The van der Waals surface area contributed by atoms with E-state index in [0.29, 0.717) is 27.4 Å². The van der Waals surface area contributed by atoms with Crippen LogP contribution >= 0.6 is 23.2 Å². The first-order valence-electron chi connectivity index (χ1n) is 8.70. The second kappa shape index (κ2) is 6.44. The summed E-state index contributed by atoms with van der Waals surface area (Å²) in [6.07, 6.45) is 0. The molecule has 2 aromatic carbocycles. The number of fused-ring (bicyclic) bond motifs is 6. The molecule has 28 heavy (non-hydrogen) atoms. The Hall–Kier alpha value is -2.68. The molecule has 4 rings (SSSR count). The monoisotopic (exact) mass is 412 g/mol. The summed E-state index contributed by atoms with van der Waals surface area (Å²) >= 11 is 12.6. The van der Waals surface area contributed by atoms with Gasteiger partial charge < -0.3 is 0 Å². The van der Waals surface area contributed by atoms with Crippen molar-refractivity contribution in [3.8, 4) is 17.2 Å². The number of Topliss-reactive ketones (excluding diaryl/α,β-unsaturated/α-hetero) is 2. The summed E-state index contributed by atoms with van der Waals surface area (Å²) in [7, 11) is 0. The van der Waals surface area contributed by atoms with Gasteiger partial charge in [-0.1, -0.05) is 43.1 Å². The third kappa shape index (κ3) is 2.49. The Labute approximate surface area is 171 Å². The summed E-state index contributed by atoms with van der Waals surface area (Å²) in [6.45, 7) is 3.40. The van der Waals surface area contributed by atoms with E-state index in [4.69, 9.17) is 23.2 Å². The van der Waals surface area contributed by atoms with Gasteiger partial charge in [0.25, 0.3) is 5.91 Å². The number of hydrogen-bond donors (Lipinski definition) is 0. The maximum Gasteiger partial charge on any atom is 0.295 e. The van der Waals surface area contributed by atoms with Gasteiger partial charge in [0.2, 0.25) is 5.78 Å². The van der Waals surface area contributed by atoms with Gasteiger partial charge in [-0.05, 0) is 35.4 Å². The smallest absolute Gasteiger partial charge is 0.295 e. The standard InChI is InChI=1S/C21H14Cl2N2O3/c1-9(2)19(26)17-18-12-4-3-11(22)7-13(12)16-14(23)5-10(8-24)6-15(16)25(18)21(28)20(17)27/h3-7,9,17-18H,1-2H3. The van der Waals surface area contributed by atoms with E-state index < -0.39 is 29.6 Å². The Morgan fingerprint density at radius 1 is 1.18 bits per heavy atom. The average Bonchev–Trinajstić information content (AvgIpc) is 2.92. The van der Waals surface area contributed by atoms with Crippen LogP contribution in [-0.4, -0.2) is 17.5 Å². The number of nitrogens with zero attached hydrogens (tertiary/aromatic N) is 2. The van der Waals surface area contributed by atoms with Gasteiger partial charge in [0.05, 0.1) is 28.4 Å². The van der Waals surface area contributed by atoms with Crippen LogP contribution in [0.2, 0.25) is 10.0 Å². The van der Waals surface area contributed by atoms with Crippen LogP contribution in [0.25, 0.3) is 11.1 Å². The summed E-state index contributed by atoms with van der Waals surface area (Å²) in [6, 6.07) is 9.34. The molecule has 7 heteroatoms. The summed E-state index contributed by atoms with van der Waals surface area (Å²) in [5.74, 6) is -3.32. The number of hydrogen-bond acceptors (Lipinski definition) is 4. The molecule has 0 aromatic heterocycles. The van der Waals surface area contributed by atoms with Crippen LogP contribution in [0.1, 0.15) is 31.0 Å². The van der Waals surface area contributed by atoms with Crippen molar-refractivity contribution in [2.45, 2.75) is 19.9 Å². The summed E-state index contributed by atoms with van der Waals surface area (Å²) < 4.78 is 0. The molecule has 2 atom stereocenters. The number of benzene rings is 2. The van der Waals surface area contributed by atoms with Crippen molar-refractivity contribution in [1.29, 1.82) is 5.26 Å². The highest BCUT2D eigenvalue weighted by molar-refractivity contribution is 6.49. The van der Waals surface area contributed by atoms with E-state index in [-0.39, 0.29) is 16.4 Å². The van der Waals surface area contributed by atoms with Gasteiger partial charge in [-0.3, -0.25) is 19.3 Å². The summed E-state index contributed by atoms with van der Waals surface area (Å²) in [4.78, 5) is 39.8. The van der Waals surface area contributed by atoms with Crippen molar-refractivity contribution in [2.75, 3.05) is 4.90 Å². The number of amides is 1. The number of carbonyl (C=O) groups is 3. The molecule has 2 aliphatic rings. The number of nitriles is 1. The lowest BCUT2D eigenvalue weighted by molar-refractivity contribution is -0.139. The highest BCUT2D eigenvalue weighted by Crippen LogP contribution is 2.54. The maximum absolute atomic E-state index is 12.9. The van der Waals surface area contributed by atoms with E-state index >= 15 is 0 Å². The minimum Gasteiger partial charge on any atom is -0.298 e. The zero-order chi connectivity index (χ0) is 20.3. The minimum absolute atomic E-state index is 0.256. The predicted molar refractivity (Wildman–Crippen MR) is 105 cm³/mol. The summed E-state index contributed by atoms with van der Waals surface area (Å²) in [5, 5.41) is 10.1. The second-order valence-corrected chi connectivity index (χ2v) is 8.06. The maximum atomic E-state index is 12.9. The zero-order valence-electron chi connectivity index (χ0n) is 15.0. The first-order valence-corrected chi connectivity index (χ1v) is 9.46. The van der Waals surface area contributed by atoms with Crippen LogP contribution in [0, 0.1) is 23.2 Å². The molecule has 2 aromatic rings. The van der Waals surface area contributed by atoms with Crippen LogP contribution < -0.4 is 4.90 Å². The average molecular weight is 413 g/mol. The van der Waals surface area contributed by atoms with Gasteiger partial charge in [-0.25, -0.2) is 0 Å². The molecule has 140 valence electrons. The van der Waals surface area contributed by atoms with E-state index in [1.807, 2.05) is 6.07 Å². The van der Waals surface area contributed by atoms with Gasteiger partial charge >= 0.3 is 0 Å². The molecule has 0 bridgehead atoms. The normalized spacial score (nSPS) is 19.9. The lowest BCUT2D eigenvalue weighted by Crippen LogP contribution is -2.34. The topological polar surface area (TPSA) is 78.2 Å². The largest absolute Gasteiger partial charge is 0.298 e. The lowest BCUT2D eigenvalue weighted by Gasteiger charge is -2.36. The van der Waals surface area contributed by atoms with Gasteiger partial charge in [0, 0.05) is 16.5 Å². The highest BCUT2D eigenvalue weighted by atomic mass is 35.5. The van der Waals surface area contributed by atoms with Gasteiger partial charge in [-0.15, -0.1) is 0 Å². The molecule has 2 heterocycles. The molecule has 2 unspecified atom stereocenters. The number of ketones is 2. The molecule has 1 amide bonds. The van der Waals surface area contributed by atoms with Crippen LogP contribution in [-0.2, 0) is 14.4 Å². The summed E-state index contributed by atoms with van der Waals surface area (Å²) in [5.41, 5.74) is 2.42. The molecule has 0 spiro atoms. The quantitative estimate of drug-likeness (QED) is 0.542. The van der Waals surface area contributed by atoms with Gasteiger partial charge in [0.1, 0.15) is 11.7 Å². The van der Waals surface area contributed by atoms with E-state index in [0.717, 1.165) is 0 Å². The predicted octanol–water partition coefficient (Wildman–Crippen LogP) is 4.34. The number of halogens is 2. The van der Waals surface area contributed by atoms with Crippen LogP contribution in [0.3, 0.4) is 0 Å². The number of rotatable bonds is 2. The fourth-order valence-electron chi connectivity index (χ4n) is 4.01. The van der Waals surface area contributed by atoms with Gasteiger partial charge in [-0.2, -0.15) is 5.26 Å². The highest BCUT2D eigenvalue weighted by Gasteiger charge is 2.55. The molecule has 1 saturated heterocycles. The third-order valence-corrected chi connectivity index (χ3v) is 5.78. The van der Waals surface area contributed by atoms with E-state index in [9.17, 15) is 19.6 Å². The lowest BCUT2D eigenvalue weighted by atomic mass is 9.80. The van der Waals surface area contributed by atoms with Crippen molar-refractivity contribution in [2.24, 2.45) is 11.8 Å². The number of carbonyl (C=O) groups excluding carboxylic acids is 3. The Balaban J connectivity index is 2.07. The van der Waals surface area contributed by atoms with Crippen molar-refractivity contribution >= 4 is 46.4 Å². The Kier molecular flexibility index (Phi) is 4.29. The molecule has 0 saturated carbocycles. The van der Waals surface area contributed by atoms with Crippen LogP contribution in [0.5, 0.6) is 0 Å². The molecule has 0 N–H and O–H groups in total. The van der Waals surface area contributed by atoms with Crippen LogP contribution in [0.15, 0.2) is 30.3 Å². The second-order valence-electron chi connectivity index (χ2n) is 7.21. The molecule has 2 aliphatic heterocycles. The Bertz CT molecular complexity index is 1120. The first-order chi connectivity index (χ1) is 13.3. The molecular weight excluding hydrogens is 399 g/mol. The van der Waals surface area contributed by atoms with Crippen molar-refractivity contribution in [1.82, 2.24) is 0 Å². The molecule has 0 radical (unpaired) electrons. The van der Waals surface area contributed by atoms with Crippen LogP contribution in [0.4, 0.5) is 5.69 Å². The van der Waals surface area contributed by atoms with Gasteiger partial charge in [0.15, 0.2) is 0 Å². The van der Waals surface area contributed by atoms with Crippen molar-refractivity contribution in [3.63, 3.8) is 0 Å². The minimum atomic E-state index is -1.11.